The van der Waals surface area contributed by atoms with Crippen LogP contribution in [0.25, 0.3) is 0 Å². The lowest BCUT2D eigenvalue weighted by Gasteiger charge is -2.26. The molecule has 0 aromatic rings. The molecule has 2 N–H and O–H groups in total. The predicted molar refractivity (Wildman–Crippen MR) is 63.6 cm³/mol. The Morgan fingerprint density at radius 1 is 1.67 bits per heavy atom. The Hall–Kier alpha value is -0.200. The molecule has 1 aliphatic carbocycles. The summed E-state index contributed by atoms with van der Waals surface area (Å²) < 4.78 is 27.9. The van der Waals surface area contributed by atoms with Gasteiger partial charge >= 0.3 is 0 Å². The van der Waals surface area contributed by atoms with Crippen LogP contribution in [0.15, 0.2) is 0 Å². The van der Waals surface area contributed by atoms with Crippen LogP contribution in [0.3, 0.4) is 0 Å². The Labute approximate surface area is 96.1 Å². The zero-order valence-electron chi connectivity index (χ0n) is 9.02. The Bertz CT molecular complexity index is 352. The highest BCUT2D eigenvalue weighted by atomic mass is 32.2. The number of hydrogen-bond acceptors (Lipinski definition) is 4. The molecule has 0 spiro atoms. The molecule has 0 heterocycles. The molecule has 0 saturated heterocycles. The summed E-state index contributed by atoms with van der Waals surface area (Å²) in [6, 6.07) is 0. The van der Waals surface area contributed by atoms with Crippen molar-refractivity contribution in [1.29, 1.82) is 0 Å². The molecule has 0 aliphatic heterocycles. The summed E-state index contributed by atoms with van der Waals surface area (Å²) in [4.78, 5) is 0.371. The van der Waals surface area contributed by atoms with Crippen LogP contribution in [0.1, 0.15) is 19.3 Å². The highest BCUT2D eigenvalue weighted by molar-refractivity contribution is 7.91. The lowest BCUT2D eigenvalue weighted by atomic mass is 9.87. The number of rotatable bonds is 4. The molecule has 1 aliphatic rings. The van der Waals surface area contributed by atoms with E-state index in [1.54, 1.807) is 7.11 Å². The molecule has 88 valence electrons. The van der Waals surface area contributed by atoms with Crippen molar-refractivity contribution in [3.05, 3.63) is 0 Å². The van der Waals surface area contributed by atoms with Crippen LogP contribution in [0.5, 0.6) is 0 Å². The molecule has 0 aromatic heterocycles. The molecule has 0 bridgehead atoms. The number of thiocarbonyl (C=S) groups is 1. The first kappa shape index (κ1) is 12.9. The van der Waals surface area contributed by atoms with E-state index in [2.05, 4.69) is 0 Å². The topological polar surface area (TPSA) is 69.4 Å². The standard InChI is InChI=1S/C9H17NO3S2/c1-13-6-9(8(10)14)4-3-7(5-9)15(2,11)12/h7H,3-6H2,1-2H3,(H2,10,14)/t7-,9-/m0/s1. The highest BCUT2D eigenvalue weighted by Gasteiger charge is 2.45. The van der Waals surface area contributed by atoms with Gasteiger partial charge in [-0.05, 0) is 19.3 Å². The fourth-order valence-electron chi connectivity index (χ4n) is 2.14. The van der Waals surface area contributed by atoms with Crippen LogP contribution in [0.4, 0.5) is 0 Å². The molecular weight excluding hydrogens is 234 g/mol. The molecule has 0 radical (unpaired) electrons. The molecule has 1 saturated carbocycles. The molecule has 1 fully saturated rings. The van der Waals surface area contributed by atoms with Crippen molar-refractivity contribution >= 4 is 27.0 Å². The number of sulfone groups is 1. The molecule has 4 nitrogen and oxygen atoms in total. The molecule has 0 aromatic carbocycles. The Balaban J connectivity index is 2.86. The maximum Gasteiger partial charge on any atom is 0.150 e. The van der Waals surface area contributed by atoms with Crippen LogP contribution < -0.4 is 5.73 Å². The highest BCUT2D eigenvalue weighted by Crippen LogP contribution is 2.41. The van der Waals surface area contributed by atoms with Gasteiger partial charge in [-0.2, -0.15) is 0 Å². The van der Waals surface area contributed by atoms with Crippen LogP contribution in [0.2, 0.25) is 0 Å². The summed E-state index contributed by atoms with van der Waals surface area (Å²) in [6.07, 6.45) is 3.09. The van der Waals surface area contributed by atoms with Gasteiger partial charge in [-0.3, -0.25) is 0 Å². The van der Waals surface area contributed by atoms with E-state index in [0.29, 0.717) is 30.9 Å². The van der Waals surface area contributed by atoms with E-state index >= 15 is 0 Å². The van der Waals surface area contributed by atoms with Crippen LogP contribution in [-0.4, -0.2) is 38.6 Å². The van der Waals surface area contributed by atoms with E-state index in [1.807, 2.05) is 0 Å². The second-order valence-corrected chi connectivity index (χ2v) is 7.04. The number of hydrogen-bond donors (Lipinski definition) is 1. The SMILES string of the molecule is COC[C@]1(C(N)=S)CC[C@H](S(C)(=O)=O)C1. The summed E-state index contributed by atoms with van der Waals surface area (Å²) in [5.41, 5.74) is 5.26. The van der Waals surface area contributed by atoms with Gasteiger partial charge in [0, 0.05) is 18.8 Å². The molecule has 2 atom stereocenters. The molecule has 0 unspecified atom stereocenters. The van der Waals surface area contributed by atoms with E-state index in [1.165, 1.54) is 6.26 Å². The molecular formula is C9H17NO3S2. The Kier molecular flexibility index (Phi) is 3.73. The summed E-state index contributed by atoms with van der Waals surface area (Å²) in [6.45, 7) is 0.411. The monoisotopic (exact) mass is 251 g/mol. The zero-order valence-corrected chi connectivity index (χ0v) is 10.7. The molecule has 6 heteroatoms. The van der Waals surface area contributed by atoms with Gasteiger partial charge in [-0.25, -0.2) is 8.42 Å². The fraction of sp³-hybridized carbons (Fsp3) is 0.889. The van der Waals surface area contributed by atoms with Crippen LogP contribution in [-0.2, 0) is 14.6 Å². The van der Waals surface area contributed by atoms with Gasteiger partial charge in [0.2, 0.25) is 0 Å². The maximum absolute atomic E-state index is 11.4. The summed E-state index contributed by atoms with van der Waals surface area (Å²) in [5, 5.41) is -0.325. The van der Waals surface area contributed by atoms with E-state index in [9.17, 15) is 8.42 Å². The van der Waals surface area contributed by atoms with E-state index in [-0.39, 0.29) is 5.25 Å². The van der Waals surface area contributed by atoms with Gasteiger partial charge in [-0.15, -0.1) is 0 Å². The van der Waals surface area contributed by atoms with Gasteiger partial charge in [0.1, 0.15) is 9.84 Å². The zero-order chi connectivity index (χ0) is 11.7. The van der Waals surface area contributed by atoms with E-state index < -0.39 is 15.3 Å². The van der Waals surface area contributed by atoms with Gasteiger partial charge in [-0.1, -0.05) is 12.2 Å². The van der Waals surface area contributed by atoms with Gasteiger partial charge in [0.25, 0.3) is 0 Å². The third-order valence-corrected chi connectivity index (χ3v) is 5.16. The quantitative estimate of drug-likeness (QED) is 0.737. The molecule has 1 rings (SSSR count). The van der Waals surface area contributed by atoms with E-state index in [4.69, 9.17) is 22.7 Å². The second-order valence-electron chi connectivity index (χ2n) is 4.27. The first-order valence-corrected chi connectivity index (χ1v) is 7.16. The van der Waals surface area contributed by atoms with Gasteiger partial charge in [0.05, 0.1) is 16.8 Å². The second kappa shape index (κ2) is 4.35. The van der Waals surface area contributed by atoms with Crippen molar-refractivity contribution in [3.8, 4) is 0 Å². The predicted octanol–water partition coefficient (Wildman–Crippen LogP) is 0.502. The third kappa shape index (κ3) is 2.68. The lowest BCUT2D eigenvalue weighted by molar-refractivity contribution is 0.127. The summed E-state index contributed by atoms with van der Waals surface area (Å²) in [7, 11) is -1.42. The third-order valence-electron chi connectivity index (χ3n) is 3.11. The summed E-state index contributed by atoms with van der Waals surface area (Å²) >= 11 is 5.01. The van der Waals surface area contributed by atoms with E-state index in [0.717, 1.165) is 0 Å². The fourth-order valence-corrected chi connectivity index (χ4v) is 3.56. The number of nitrogens with two attached hydrogens (primary N) is 1. The lowest BCUT2D eigenvalue weighted by Crippen LogP contribution is -2.38. The number of ether oxygens (including phenoxy) is 1. The molecule has 15 heavy (non-hydrogen) atoms. The smallest absolute Gasteiger partial charge is 0.150 e. The van der Waals surface area contributed by atoms with Crippen molar-refractivity contribution in [2.45, 2.75) is 24.5 Å². The van der Waals surface area contributed by atoms with Gasteiger partial charge < -0.3 is 10.5 Å². The normalized spacial score (nSPS) is 31.7. The minimum Gasteiger partial charge on any atom is -0.393 e. The van der Waals surface area contributed by atoms with Crippen molar-refractivity contribution < 1.29 is 13.2 Å². The van der Waals surface area contributed by atoms with Crippen molar-refractivity contribution in [3.63, 3.8) is 0 Å². The average molecular weight is 251 g/mol. The van der Waals surface area contributed by atoms with Crippen molar-refractivity contribution in [2.24, 2.45) is 11.1 Å². The van der Waals surface area contributed by atoms with Crippen molar-refractivity contribution in [2.75, 3.05) is 20.0 Å². The Morgan fingerprint density at radius 3 is 2.60 bits per heavy atom. The minimum absolute atomic E-state index is 0.325. The first-order chi connectivity index (χ1) is 6.82. The van der Waals surface area contributed by atoms with Crippen LogP contribution in [0, 0.1) is 5.41 Å². The molecule has 0 amide bonds. The Morgan fingerprint density at radius 2 is 2.27 bits per heavy atom. The first-order valence-electron chi connectivity index (χ1n) is 4.79. The average Bonchev–Trinajstić information content (AvgIpc) is 2.49. The maximum atomic E-state index is 11.4. The largest absolute Gasteiger partial charge is 0.393 e. The summed E-state index contributed by atoms with van der Waals surface area (Å²) in [5.74, 6) is 0. The van der Waals surface area contributed by atoms with Crippen molar-refractivity contribution in [1.82, 2.24) is 0 Å². The van der Waals surface area contributed by atoms with Crippen LogP contribution >= 0.6 is 12.2 Å². The number of methoxy groups -OCH3 is 1. The van der Waals surface area contributed by atoms with Gasteiger partial charge in [0.15, 0.2) is 0 Å². The minimum atomic E-state index is -3.00.